The highest BCUT2D eigenvalue weighted by Gasteiger charge is 2.61. The summed E-state index contributed by atoms with van der Waals surface area (Å²) < 4.78 is 34.3. The topological polar surface area (TPSA) is 177 Å². The van der Waals surface area contributed by atoms with Gasteiger partial charge in [0.2, 0.25) is 5.91 Å². The summed E-state index contributed by atoms with van der Waals surface area (Å²) in [4.78, 5) is 52.4. The SMILES string of the molecule is CC(C)CNS(=O)(=O)NC(=O)C12CC1/C=C\CCCCCC(OC(N)=O)C(=O)N1CCCC1C(=O)N2. The molecule has 36 heavy (non-hydrogen) atoms. The van der Waals surface area contributed by atoms with E-state index in [4.69, 9.17) is 10.5 Å². The van der Waals surface area contributed by atoms with Crippen molar-refractivity contribution < 1.29 is 32.3 Å². The molecule has 0 bridgehead atoms. The van der Waals surface area contributed by atoms with E-state index in [0.717, 1.165) is 12.8 Å². The van der Waals surface area contributed by atoms with E-state index in [9.17, 15) is 27.6 Å². The molecule has 4 atom stereocenters. The number of primary amides is 1. The molecule has 2 fully saturated rings. The van der Waals surface area contributed by atoms with Gasteiger partial charge in [0, 0.05) is 19.0 Å². The number of rotatable bonds is 6. The Balaban J connectivity index is 1.83. The maximum absolute atomic E-state index is 13.3. The second-order valence-corrected chi connectivity index (χ2v) is 11.6. The molecule has 1 aliphatic carbocycles. The molecule has 1 saturated heterocycles. The zero-order valence-electron chi connectivity index (χ0n) is 20.8. The van der Waals surface area contributed by atoms with Crippen LogP contribution in [0.1, 0.15) is 65.2 Å². The first kappa shape index (κ1) is 27.9. The predicted molar refractivity (Wildman–Crippen MR) is 130 cm³/mol. The van der Waals surface area contributed by atoms with Crippen molar-refractivity contribution in [1.82, 2.24) is 19.7 Å². The fourth-order valence-electron chi connectivity index (χ4n) is 4.70. The molecule has 5 N–H and O–H groups in total. The Bertz CT molecular complexity index is 999. The van der Waals surface area contributed by atoms with Crippen molar-refractivity contribution >= 4 is 34.0 Å². The summed E-state index contributed by atoms with van der Waals surface area (Å²) in [5, 5.41) is 2.75. The van der Waals surface area contributed by atoms with E-state index in [-0.39, 0.29) is 24.8 Å². The number of hydrogen-bond donors (Lipinski definition) is 4. The van der Waals surface area contributed by atoms with Crippen LogP contribution in [0.2, 0.25) is 0 Å². The lowest BCUT2D eigenvalue weighted by molar-refractivity contribution is -0.146. The average molecular weight is 528 g/mol. The van der Waals surface area contributed by atoms with Gasteiger partial charge in [0.15, 0.2) is 6.10 Å². The van der Waals surface area contributed by atoms with E-state index in [1.165, 1.54) is 4.90 Å². The van der Waals surface area contributed by atoms with Crippen molar-refractivity contribution in [2.75, 3.05) is 13.1 Å². The Morgan fingerprint density at radius 2 is 1.97 bits per heavy atom. The van der Waals surface area contributed by atoms with Crippen LogP contribution in [-0.4, -0.2) is 67.9 Å². The van der Waals surface area contributed by atoms with E-state index in [1.54, 1.807) is 0 Å². The van der Waals surface area contributed by atoms with Crippen LogP contribution < -0.4 is 20.5 Å². The highest BCUT2D eigenvalue weighted by Crippen LogP contribution is 2.45. The van der Waals surface area contributed by atoms with Crippen molar-refractivity contribution in [2.24, 2.45) is 17.6 Å². The van der Waals surface area contributed by atoms with Crippen molar-refractivity contribution in [3.8, 4) is 0 Å². The number of nitrogens with zero attached hydrogens (tertiary/aromatic N) is 1. The normalized spacial score (nSPS) is 30.3. The number of nitrogens with two attached hydrogens (primary N) is 1. The Labute approximate surface area is 211 Å². The largest absolute Gasteiger partial charge is 0.436 e. The molecule has 0 radical (unpaired) electrons. The van der Waals surface area contributed by atoms with E-state index in [2.05, 4.69) is 10.0 Å². The summed E-state index contributed by atoms with van der Waals surface area (Å²) in [5.41, 5.74) is 3.75. The van der Waals surface area contributed by atoms with E-state index >= 15 is 0 Å². The molecule has 4 amide bonds. The predicted octanol–water partition coefficient (Wildman–Crippen LogP) is 0.443. The van der Waals surface area contributed by atoms with Gasteiger partial charge in [-0.1, -0.05) is 32.4 Å². The Morgan fingerprint density at radius 1 is 1.22 bits per heavy atom. The van der Waals surface area contributed by atoms with Gasteiger partial charge in [-0.25, -0.2) is 9.52 Å². The van der Waals surface area contributed by atoms with Crippen LogP contribution >= 0.6 is 0 Å². The second kappa shape index (κ2) is 11.6. The summed E-state index contributed by atoms with van der Waals surface area (Å²) in [7, 11) is -4.11. The molecule has 3 rings (SSSR count). The lowest BCUT2D eigenvalue weighted by Crippen LogP contribution is -2.58. The number of carbonyl (C=O) groups excluding carboxylic acids is 4. The number of ether oxygens (including phenoxy) is 1. The zero-order chi connectivity index (χ0) is 26.5. The van der Waals surface area contributed by atoms with E-state index in [0.29, 0.717) is 38.6 Å². The van der Waals surface area contributed by atoms with Crippen molar-refractivity contribution in [1.29, 1.82) is 0 Å². The minimum atomic E-state index is -4.11. The van der Waals surface area contributed by atoms with Crippen LogP contribution in [0.5, 0.6) is 0 Å². The Hall–Kier alpha value is -2.67. The van der Waals surface area contributed by atoms with Gasteiger partial charge in [-0.15, -0.1) is 0 Å². The molecule has 202 valence electrons. The molecule has 0 spiro atoms. The van der Waals surface area contributed by atoms with Gasteiger partial charge in [0.05, 0.1) is 0 Å². The molecule has 0 aromatic carbocycles. The van der Waals surface area contributed by atoms with Gasteiger partial charge < -0.3 is 20.7 Å². The third-order valence-electron chi connectivity index (χ3n) is 6.75. The van der Waals surface area contributed by atoms with Gasteiger partial charge >= 0.3 is 16.3 Å². The number of nitrogens with one attached hydrogen (secondary N) is 3. The number of fused-ring (bicyclic) bond motifs is 2. The fourth-order valence-corrected chi connectivity index (χ4v) is 5.75. The smallest absolute Gasteiger partial charge is 0.405 e. The molecule has 2 heterocycles. The highest BCUT2D eigenvalue weighted by molar-refractivity contribution is 7.88. The molecular formula is C23H37N5O7S. The van der Waals surface area contributed by atoms with Crippen LogP contribution in [0.15, 0.2) is 12.2 Å². The number of hydrogen-bond acceptors (Lipinski definition) is 7. The summed E-state index contributed by atoms with van der Waals surface area (Å²) in [6, 6.07) is -0.868. The molecule has 3 aliphatic rings. The molecule has 12 nitrogen and oxygen atoms in total. The number of amides is 4. The summed E-state index contributed by atoms with van der Waals surface area (Å²) in [6.45, 7) is 4.11. The lowest BCUT2D eigenvalue weighted by Gasteiger charge is -2.29. The third-order valence-corrected chi connectivity index (χ3v) is 7.75. The van der Waals surface area contributed by atoms with Crippen LogP contribution in [0.4, 0.5) is 4.79 Å². The van der Waals surface area contributed by atoms with E-state index < -0.39 is 51.7 Å². The summed E-state index contributed by atoms with van der Waals surface area (Å²) >= 11 is 0. The monoisotopic (exact) mass is 527 g/mol. The molecular weight excluding hydrogens is 490 g/mol. The molecule has 4 unspecified atom stereocenters. The number of allylic oxidation sites excluding steroid dienone is 1. The minimum absolute atomic E-state index is 0.0397. The maximum Gasteiger partial charge on any atom is 0.405 e. The minimum Gasteiger partial charge on any atom is -0.436 e. The summed E-state index contributed by atoms with van der Waals surface area (Å²) in [5.74, 6) is -2.20. The molecule has 0 aromatic rings. The quantitative estimate of drug-likeness (QED) is 0.362. The van der Waals surface area contributed by atoms with Crippen LogP contribution in [0.3, 0.4) is 0 Å². The van der Waals surface area contributed by atoms with Crippen molar-refractivity contribution in [3.63, 3.8) is 0 Å². The molecule has 0 aromatic heterocycles. The maximum atomic E-state index is 13.3. The van der Waals surface area contributed by atoms with Gasteiger partial charge in [-0.3, -0.25) is 14.4 Å². The Morgan fingerprint density at radius 3 is 2.67 bits per heavy atom. The molecule has 13 heteroatoms. The summed E-state index contributed by atoms with van der Waals surface area (Å²) in [6.07, 6.45) is 6.03. The van der Waals surface area contributed by atoms with Crippen LogP contribution in [0, 0.1) is 11.8 Å². The first-order chi connectivity index (χ1) is 16.9. The highest BCUT2D eigenvalue weighted by atomic mass is 32.2. The second-order valence-electron chi connectivity index (χ2n) is 10.1. The van der Waals surface area contributed by atoms with Crippen LogP contribution in [-0.2, 0) is 29.3 Å². The first-order valence-corrected chi connectivity index (χ1v) is 14.0. The van der Waals surface area contributed by atoms with Gasteiger partial charge in [0.1, 0.15) is 11.6 Å². The zero-order valence-corrected chi connectivity index (χ0v) is 21.6. The van der Waals surface area contributed by atoms with Gasteiger partial charge in [-0.05, 0) is 50.9 Å². The average Bonchev–Trinajstić information content (AvgIpc) is 3.25. The molecule has 1 saturated carbocycles. The standard InChI is InChI=1S/C23H37N5O7S/c1-15(2)14-25-36(33,34)27-21(31)23-13-16(23)9-6-4-3-5-7-11-18(35-22(24)32)20(30)28-12-8-10-17(28)19(29)26-23/h6,9,15-18,25H,3-5,7-8,10-14H2,1-2H3,(H2,24,32)(H,26,29)(H,27,31)/b9-6-. The lowest BCUT2D eigenvalue weighted by atomic mass is 10.1. The third kappa shape index (κ3) is 6.96. The van der Waals surface area contributed by atoms with Crippen molar-refractivity contribution in [3.05, 3.63) is 12.2 Å². The number of carbonyl (C=O) groups is 4. The molecule has 2 aliphatic heterocycles. The first-order valence-electron chi connectivity index (χ1n) is 12.5. The van der Waals surface area contributed by atoms with Crippen LogP contribution in [0.25, 0.3) is 0 Å². The Kier molecular flexibility index (Phi) is 8.98. The fraction of sp³-hybridized carbons (Fsp3) is 0.739. The van der Waals surface area contributed by atoms with Gasteiger partial charge in [0.25, 0.3) is 11.8 Å². The van der Waals surface area contributed by atoms with Crippen molar-refractivity contribution in [2.45, 2.75) is 82.9 Å². The van der Waals surface area contributed by atoms with E-state index in [1.807, 2.05) is 30.7 Å². The van der Waals surface area contributed by atoms with Gasteiger partial charge in [-0.2, -0.15) is 13.1 Å².